The van der Waals surface area contributed by atoms with Crippen LogP contribution in [0.5, 0.6) is 5.75 Å². The fraction of sp³-hybridized carbons (Fsp3) is 0.185. The largest absolute Gasteiger partial charge is 0.495 e. The van der Waals surface area contributed by atoms with Crippen LogP contribution in [0.2, 0.25) is 5.02 Å². The summed E-state index contributed by atoms with van der Waals surface area (Å²) in [4.78, 5) is 12.4. The molecule has 0 spiro atoms. The Balaban J connectivity index is 1.70. The monoisotopic (exact) mass is 532 g/mol. The zero-order valence-electron chi connectivity index (χ0n) is 21.0. The number of aliphatic hydroxyl groups excluding tert-OH is 1. The second-order valence-corrected chi connectivity index (χ2v) is 8.67. The first-order valence-corrected chi connectivity index (χ1v) is 12.1. The highest BCUT2D eigenvalue weighted by atomic mass is 35.5. The van der Waals surface area contributed by atoms with Gasteiger partial charge in [-0.2, -0.15) is 5.11 Å². The molecule has 0 aliphatic heterocycles. The van der Waals surface area contributed by atoms with Crippen molar-refractivity contribution in [3.05, 3.63) is 87.4 Å². The number of anilines is 1. The molecular weight excluding hydrogens is 508 g/mol. The van der Waals surface area contributed by atoms with Gasteiger partial charge < -0.3 is 14.7 Å². The number of hydrogen-bond acceptors (Lipinski definition) is 9. The summed E-state index contributed by atoms with van der Waals surface area (Å²) in [6.45, 7) is 2.60. The minimum Gasteiger partial charge on any atom is -0.495 e. The van der Waals surface area contributed by atoms with Gasteiger partial charge in [0.2, 0.25) is 0 Å². The average Bonchev–Trinajstić information content (AvgIpc) is 2.94. The topological polar surface area (TPSA) is 125 Å². The van der Waals surface area contributed by atoms with E-state index in [4.69, 9.17) is 16.3 Å². The summed E-state index contributed by atoms with van der Waals surface area (Å²) in [6.07, 6.45) is 0. The molecule has 4 aromatic rings. The highest BCUT2D eigenvalue weighted by Crippen LogP contribution is 2.39. The van der Waals surface area contributed by atoms with Gasteiger partial charge in [0.05, 0.1) is 46.4 Å². The molecule has 10 nitrogen and oxygen atoms in total. The number of azo groups is 2. The summed E-state index contributed by atoms with van der Waals surface area (Å²) >= 11 is 6.15. The van der Waals surface area contributed by atoms with E-state index in [0.29, 0.717) is 34.1 Å². The van der Waals surface area contributed by atoms with Gasteiger partial charge in [0, 0.05) is 48.1 Å². The van der Waals surface area contributed by atoms with Crippen molar-refractivity contribution in [1.82, 2.24) is 0 Å². The first kappa shape index (κ1) is 26.6. The number of non-ortho nitro benzene ring substituents is 1. The van der Waals surface area contributed by atoms with Crippen molar-refractivity contribution in [2.24, 2.45) is 20.5 Å². The maximum absolute atomic E-state index is 10.9. The Bertz CT molecular complexity index is 1560. The summed E-state index contributed by atoms with van der Waals surface area (Å²) in [5.41, 5.74) is 3.34. The van der Waals surface area contributed by atoms with Gasteiger partial charge in [-0.05, 0) is 31.2 Å². The molecule has 11 heteroatoms. The minimum atomic E-state index is -0.523. The van der Waals surface area contributed by atoms with E-state index in [1.807, 2.05) is 49.2 Å². The van der Waals surface area contributed by atoms with Gasteiger partial charge >= 0.3 is 0 Å². The number of halogens is 1. The average molecular weight is 533 g/mol. The van der Waals surface area contributed by atoms with Gasteiger partial charge in [-0.25, -0.2) is 0 Å². The molecule has 0 radical (unpaired) electrons. The van der Waals surface area contributed by atoms with E-state index < -0.39 is 4.92 Å². The molecule has 0 aliphatic rings. The highest BCUT2D eigenvalue weighted by molar-refractivity contribution is 6.33. The lowest BCUT2D eigenvalue weighted by Gasteiger charge is -2.21. The molecule has 194 valence electrons. The number of benzene rings is 4. The van der Waals surface area contributed by atoms with E-state index in [9.17, 15) is 15.2 Å². The number of methoxy groups -OCH3 is 1. The van der Waals surface area contributed by atoms with Crippen molar-refractivity contribution >= 4 is 56.5 Å². The summed E-state index contributed by atoms with van der Waals surface area (Å²) in [5, 5.41) is 40.0. The van der Waals surface area contributed by atoms with Gasteiger partial charge in [0.15, 0.2) is 0 Å². The van der Waals surface area contributed by atoms with Crippen molar-refractivity contribution in [3.8, 4) is 5.75 Å². The van der Waals surface area contributed by atoms with Crippen LogP contribution in [0.15, 0.2) is 87.2 Å². The number of rotatable bonds is 9. The number of hydrogen-bond donors (Lipinski definition) is 1. The molecule has 0 heterocycles. The summed E-state index contributed by atoms with van der Waals surface area (Å²) in [7, 11) is 3.54. The fourth-order valence-electron chi connectivity index (χ4n) is 3.80. The summed E-state index contributed by atoms with van der Waals surface area (Å²) in [6, 6.07) is 18.7. The predicted molar refractivity (Wildman–Crippen MR) is 148 cm³/mol. The van der Waals surface area contributed by atoms with E-state index in [-0.39, 0.29) is 17.3 Å². The maximum atomic E-state index is 10.9. The molecule has 0 saturated heterocycles. The molecule has 4 rings (SSSR count). The van der Waals surface area contributed by atoms with E-state index in [2.05, 4.69) is 20.5 Å². The first-order valence-electron chi connectivity index (χ1n) is 11.7. The Morgan fingerprint density at radius 2 is 1.50 bits per heavy atom. The number of fused-ring (bicyclic) bond motifs is 1. The molecule has 0 unspecified atom stereocenters. The van der Waals surface area contributed by atoms with E-state index in [1.54, 1.807) is 25.3 Å². The molecule has 4 aromatic carbocycles. The van der Waals surface area contributed by atoms with Crippen LogP contribution in [0.25, 0.3) is 10.8 Å². The first-order chi connectivity index (χ1) is 18.4. The number of nitrogens with zero attached hydrogens (tertiary/aromatic N) is 6. The number of ether oxygens (including phenoxy) is 1. The van der Waals surface area contributed by atoms with Crippen LogP contribution in [-0.2, 0) is 6.61 Å². The molecule has 38 heavy (non-hydrogen) atoms. The van der Waals surface area contributed by atoms with E-state index in [0.717, 1.165) is 23.0 Å². The highest BCUT2D eigenvalue weighted by Gasteiger charge is 2.14. The maximum Gasteiger partial charge on any atom is 0.271 e. The molecule has 0 saturated carbocycles. The lowest BCUT2D eigenvalue weighted by atomic mass is 10.1. The van der Waals surface area contributed by atoms with Crippen LogP contribution in [-0.4, -0.2) is 30.7 Å². The lowest BCUT2D eigenvalue weighted by Crippen LogP contribution is -2.17. The van der Waals surface area contributed by atoms with E-state index in [1.165, 1.54) is 18.2 Å². The van der Waals surface area contributed by atoms with E-state index >= 15 is 0 Å². The SMILES string of the molecule is CCN(C)c1cc(CO)c(N=Nc2ccc(N=Nc3ccc([N+](=O)[O-])cc3Cl)c3ccccc23)cc1OC. The van der Waals surface area contributed by atoms with Gasteiger partial charge in [0.1, 0.15) is 11.4 Å². The fourth-order valence-corrected chi connectivity index (χ4v) is 4.01. The molecule has 0 atom stereocenters. The minimum absolute atomic E-state index is 0.122. The van der Waals surface area contributed by atoms with Crippen molar-refractivity contribution in [1.29, 1.82) is 0 Å². The van der Waals surface area contributed by atoms with Crippen LogP contribution < -0.4 is 9.64 Å². The Morgan fingerprint density at radius 1 is 0.921 bits per heavy atom. The van der Waals surface area contributed by atoms with Gasteiger partial charge in [0.25, 0.3) is 5.69 Å². The second-order valence-electron chi connectivity index (χ2n) is 8.27. The normalized spacial score (nSPS) is 11.5. The number of nitro benzene ring substituents is 1. The van der Waals surface area contributed by atoms with Crippen LogP contribution in [0.3, 0.4) is 0 Å². The van der Waals surface area contributed by atoms with Crippen LogP contribution in [0.1, 0.15) is 12.5 Å². The standard InChI is InChI=1S/C27H25ClN6O4/c1-4-33(2)26-13-17(16-35)25(15-27(26)38-3)32-30-23-12-11-22(19-7-5-6-8-20(19)23)29-31-24-10-9-18(34(36)37)14-21(24)28/h5-15,35H,4,16H2,1-3H3. The smallest absolute Gasteiger partial charge is 0.271 e. The van der Waals surface area contributed by atoms with Gasteiger partial charge in [-0.1, -0.05) is 35.9 Å². The van der Waals surface area contributed by atoms with Crippen LogP contribution in [0, 0.1) is 10.1 Å². The molecule has 0 amide bonds. The quantitative estimate of drug-likeness (QED) is 0.132. The Morgan fingerprint density at radius 3 is 2.03 bits per heavy atom. The van der Waals surface area contributed by atoms with Crippen molar-refractivity contribution in [2.75, 3.05) is 25.6 Å². The second kappa shape index (κ2) is 11.8. The summed E-state index contributed by atoms with van der Waals surface area (Å²) in [5.74, 6) is 0.631. The Labute approximate surface area is 224 Å². The Kier molecular flexibility index (Phi) is 8.25. The van der Waals surface area contributed by atoms with Crippen molar-refractivity contribution in [3.63, 3.8) is 0 Å². The molecule has 0 aliphatic carbocycles. The lowest BCUT2D eigenvalue weighted by molar-refractivity contribution is -0.384. The van der Waals surface area contributed by atoms with Gasteiger partial charge in [-0.3, -0.25) is 10.1 Å². The van der Waals surface area contributed by atoms with Crippen molar-refractivity contribution < 1.29 is 14.8 Å². The number of aliphatic hydroxyl groups is 1. The van der Waals surface area contributed by atoms with Crippen LogP contribution in [0.4, 0.5) is 34.1 Å². The zero-order valence-corrected chi connectivity index (χ0v) is 21.8. The van der Waals surface area contributed by atoms with Crippen molar-refractivity contribution in [2.45, 2.75) is 13.5 Å². The molecule has 1 N–H and O–H groups in total. The van der Waals surface area contributed by atoms with Crippen LogP contribution >= 0.6 is 11.6 Å². The predicted octanol–water partition coefficient (Wildman–Crippen LogP) is 8.19. The van der Waals surface area contributed by atoms with Gasteiger partial charge in [-0.15, -0.1) is 15.3 Å². The summed E-state index contributed by atoms with van der Waals surface area (Å²) < 4.78 is 5.55. The molecule has 0 fully saturated rings. The Hall–Kier alpha value is -4.41. The molecule has 0 bridgehead atoms. The third-order valence-corrected chi connectivity index (χ3v) is 6.29. The molecular formula is C27H25ClN6O4. The zero-order chi connectivity index (χ0) is 27.2. The number of nitro groups is 1. The third kappa shape index (κ3) is 5.61. The third-order valence-electron chi connectivity index (χ3n) is 5.99. The molecule has 0 aromatic heterocycles.